The molecule has 0 spiro atoms. The van der Waals surface area contributed by atoms with Gasteiger partial charge >= 0.3 is 8.80 Å². The molecule has 0 aliphatic carbocycles. The maximum atomic E-state index is 5.91. The Bertz CT molecular complexity index is 448. The van der Waals surface area contributed by atoms with E-state index >= 15 is 0 Å². The van der Waals surface area contributed by atoms with E-state index < -0.39 is 8.80 Å². The number of hydrazone groups is 1. The van der Waals surface area contributed by atoms with E-state index in [0.29, 0.717) is 24.9 Å². The molecular weight excluding hydrogens is 388 g/mol. The zero-order valence-corrected chi connectivity index (χ0v) is 19.4. The first-order valence-electron chi connectivity index (χ1n) is 9.39. The van der Waals surface area contributed by atoms with Gasteiger partial charge in [0, 0.05) is 45.0 Å². The van der Waals surface area contributed by atoms with Crippen LogP contribution in [0.15, 0.2) is 16.2 Å². The van der Waals surface area contributed by atoms with Crippen LogP contribution >= 0.6 is 24.4 Å². The SMILES string of the molecule is CCO[Si](CCCSC1=CC(S)=NN(N(CC)CC)N1)(OCC)OCC. The molecule has 10 heteroatoms. The molecule has 0 aromatic heterocycles. The highest BCUT2D eigenvalue weighted by Gasteiger charge is 2.39. The Morgan fingerprint density at radius 1 is 1.12 bits per heavy atom. The maximum absolute atomic E-state index is 5.91. The summed E-state index contributed by atoms with van der Waals surface area (Å²) in [5, 5.41) is 10.00. The minimum atomic E-state index is -2.55. The first-order valence-corrected chi connectivity index (χ1v) is 12.8. The van der Waals surface area contributed by atoms with Crippen LogP contribution in [0.3, 0.4) is 0 Å². The van der Waals surface area contributed by atoms with Gasteiger partial charge in [-0.15, -0.1) is 34.7 Å². The van der Waals surface area contributed by atoms with E-state index in [9.17, 15) is 0 Å². The highest BCUT2D eigenvalue weighted by Crippen LogP contribution is 2.24. The molecule has 0 aromatic rings. The summed E-state index contributed by atoms with van der Waals surface area (Å²) < 4.78 is 17.7. The van der Waals surface area contributed by atoms with Crippen molar-refractivity contribution in [1.82, 2.24) is 15.7 Å². The van der Waals surface area contributed by atoms with E-state index in [1.807, 2.05) is 26.8 Å². The molecule has 26 heavy (non-hydrogen) atoms. The summed E-state index contributed by atoms with van der Waals surface area (Å²) in [6, 6.07) is 0.824. The normalized spacial score (nSPS) is 15.1. The van der Waals surface area contributed by atoms with Gasteiger partial charge in [0.1, 0.15) is 5.04 Å². The Morgan fingerprint density at radius 3 is 2.19 bits per heavy atom. The molecule has 0 aromatic carbocycles. The summed E-state index contributed by atoms with van der Waals surface area (Å²) in [6.07, 6.45) is 2.91. The number of hydrogen-bond acceptors (Lipinski definition) is 8. The monoisotopic (exact) mass is 422 g/mol. The standard InChI is InChI=1S/C16H34N4O3S2Si/c1-6-19(7-2)20-17-15(24)14-16(18-20)25-12-11-13-26(21-8-3,22-9-4)23-10-5/h14,18H,6-13H2,1-5H3,(H,17,24). The Labute approximate surface area is 169 Å². The molecule has 0 saturated carbocycles. The minimum absolute atomic E-state index is 0.615. The third-order valence-electron chi connectivity index (χ3n) is 3.64. The fourth-order valence-corrected chi connectivity index (χ4v) is 6.59. The van der Waals surface area contributed by atoms with Gasteiger partial charge in [-0.05, 0) is 32.9 Å². The summed E-state index contributed by atoms with van der Waals surface area (Å²) in [5.74, 6) is 0.938. The lowest BCUT2D eigenvalue weighted by atomic mass is 10.6. The van der Waals surface area contributed by atoms with Crippen LogP contribution in [0, 0.1) is 0 Å². The number of nitrogens with one attached hydrogen (secondary N) is 1. The highest BCUT2D eigenvalue weighted by atomic mass is 32.2. The first kappa shape index (κ1) is 23.8. The molecule has 0 bridgehead atoms. The predicted molar refractivity (Wildman–Crippen MR) is 115 cm³/mol. The smallest absolute Gasteiger partial charge is 0.374 e. The Hall–Kier alpha value is -0.233. The lowest BCUT2D eigenvalue weighted by molar-refractivity contribution is -0.0497. The molecular formula is C16H34N4O3S2Si. The molecule has 152 valence electrons. The molecule has 0 radical (unpaired) electrons. The topological polar surface area (TPSA) is 58.6 Å². The van der Waals surface area contributed by atoms with Crippen molar-refractivity contribution in [3.05, 3.63) is 11.1 Å². The van der Waals surface area contributed by atoms with Gasteiger partial charge in [0.15, 0.2) is 0 Å². The Morgan fingerprint density at radius 2 is 1.69 bits per heavy atom. The molecule has 1 aliphatic heterocycles. The van der Waals surface area contributed by atoms with Gasteiger partial charge in [-0.3, -0.25) is 5.43 Å². The van der Waals surface area contributed by atoms with Crippen molar-refractivity contribution in [3.63, 3.8) is 0 Å². The second kappa shape index (κ2) is 13.0. The first-order chi connectivity index (χ1) is 12.5. The van der Waals surface area contributed by atoms with Gasteiger partial charge in [-0.25, -0.2) is 0 Å². The molecule has 0 fully saturated rings. The molecule has 7 nitrogen and oxygen atoms in total. The van der Waals surface area contributed by atoms with Gasteiger partial charge in [-0.2, -0.15) is 5.01 Å². The van der Waals surface area contributed by atoms with Crippen molar-refractivity contribution in [2.45, 2.75) is 47.1 Å². The van der Waals surface area contributed by atoms with Crippen molar-refractivity contribution in [2.24, 2.45) is 5.10 Å². The second-order valence-electron chi connectivity index (χ2n) is 5.44. The third kappa shape index (κ3) is 7.79. The average Bonchev–Trinajstić information content (AvgIpc) is 2.60. The van der Waals surface area contributed by atoms with Crippen molar-refractivity contribution in [2.75, 3.05) is 38.7 Å². The van der Waals surface area contributed by atoms with E-state index in [-0.39, 0.29) is 0 Å². The van der Waals surface area contributed by atoms with Crippen LogP contribution in [0.5, 0.6) is 0 Å². The predicted octanol–water partition coefficient (Wildman–Crippen LogP) is 3.32. The largest absolute Gasteiger partial charge is 0.500 e. The minimum Gasteiger partial charge on any atom is -0.374 e. The summed E-state index contributed by atoms with van der Waals surface area (Å²) in [5.41, 5.74) is 3.32. The van der Waals surface area contributed by atoms with Gasteiger partial charge in [0.2, 0.25) is 0 Å². The van der Waals surface area contributed by atoms with Crippen LogP contribution in [-0.2, 0) is 13.3 Å². The van der Waals surface area contributed by atoms with Crippen molar-refractivity contribution >= 4 is 38.2 Å². The molecule has 0 unspecified atom stereocenters. The summed E-state index contributed by atoms with van der Waals surface area (Å²) >= 11 is 6.17. The lowest BCUT2D eigenvalue weighted by Gasteiger charge is -2.34. The molecule has 1 aliphatic rings. The lowest BCUT2D eigenvalue weighted by Crippen LogP contribution is -2.48. The fraction of sp³-hybridized carbons (Fsp3) is 0.812. The van der Waals surface area contributed by atoms with Crippen LogP contribution in [0.25, 0.3) is 0 Å². The molecule has 0 atom stereocenters. The Kier molecular flexibility index (Phi) is 11.9. The van der Waals surface area contributed by atoms with Crippen molar-refractivity contribution in [1.29, 1.82) is 0 Å². The van der Waals surface area contributed by atoms with Crippen LogP contribution in [-0.4, -0.2) is 62.7 Å². The fourth-order valence-electron chi connectivity index (χ4n) is 2.57. The van der Waals surface area contributed by atoms with Gasteiger partial charge in [-0.1, -0.05) is 13.8 Å². The molecule has 1 heterocycles. The van der Waals surface area contributed by atoms with Crippen molar-refractivity contribution in [3.8, 4) is 0 Å². The quantitative estimate of drug-likeness (QED) is 0.253. The molecule has 1 N–H and O–H groups in total. The van der Waals surface area contributed by atoms with E-state index in [1.54, 1.807) is 17.0 Å². The number of nitrogens with zero attached hydrogens (tertiary/aromatic N) is 3. The number of rotatable bonds is 14. The van der Waals surface area contributed by atoms with E-state index in [1.165, 1.54) is 0 Å². The maximum Gasteiger partial charge on any atom is 0.500 e. The van der Waals surface area contributed by atoms with Crippen molar-refractivity contribution < 1.29 is 13.3 Å². The second-order valence-corrected chi connectivity index (χ2v) is 9.77. The Balaban J connectivity index is 2.54. The van der Waals surface area contributed by atoms with E-state index in [2.05, 4.69) is 42.0 Å². The molecule has 1 rings (SSSR count). The van der Waals surface area contributed by atoms with Crippen LogP contribution in [0.2, 0.25) is 6.04 Å². The highest BCUT2D eigenvalue weighted by molar-refractivity contribution is 8.03. The zero-order chi connectivity index (χ0) is 19.4. The number of hydrazine groups is 2. The average molecular weight is 423 g/mol. The van der Waals surface area contributed by atoms with E-state index in [4.69, 9.17) is 13.3 Å². The zero-order valence-electron chi connectivity index (χ0n) is 16.7. The van der Waals surface area contributed by atoms with Gasteiger partial charge in [0.05, 0.1) is 5.03 Å². The summed E-state index contributed by atoms with van der Waals surface area (Å²) in [4.78, 5) is 0. The number of thioether (sulfide) groups is 1. The van der Waals surface area contributed by atoms with Crippen LogP contribution < -0.4 is 5.43 Å². The van der Waals surface area contributed by atoms with E-state index in [0.717, 1.165) is 36.3 Å². The third-order valence-corrected chi connectivity index (χ3v) is 8.03. The number of thiol groups is 1. The summed E-state index contributed by atoms with van der Waals surface area (Å²) in [7, 11) is -2.55. The summed E-state index contributed by atoms with van der Waals surface area (Å²) in [6.45, 7) is 13.8. The molecule has 0 saturated heterocycles. The van der Waals surface area contributed by atoms with Crippen LogP contribution in [0.4, 0.5) is 0 Å². The van der Waals surface area contributed by atoms with Gasteiger partial charge < -0.3 is 13.3 Å². The van der Waals surface area contributed by atoms with Gasteiger partial charge in [0.25, 0.3) is 0 Å². The number of hydrogen-bond donors (Lipinski definition) is 2. The van der Waals surface area contributed by atoms with Crippen LogP contribution in [0.1, 0.15) is 41.0 Å². The molecule has 0 amide bonds.